The van der Waals surface area contributed by atoms with Gasteiger partial charge in [-0.3, -0.25) is 20.4 Å². The SMILES string of the molecule is NNC(=O)COc1ccc(C(=O)NN)cc1. The molecule has 0 saturated heterocycles. The van der Waals surface area contributed by atoms with Gasteiger partial charge in [-0.2, -0.15) is 0 Å². The summed E-state index contributed by atoms with van der Waals surface area (Å²) in [5, 5.41) is 0. The standard InChI is InChI=1S/C9H12N4O3/c10-12-8(14)5-16-7-3-1-6(2-4-7)9(15)13-11/h1-4H,5,10-11H2,(H,12,14)(H,13,15). The Labute approximate surface area is 91.7 Å². The number of amides is 2. The fraction of sp³-hybridized carbons (Fsp3) is 0.111. The number of hydrazine groups is 2. The van der Waals surface area contributed by atoms with Crippen molar-refractivity contribution in [2.24, 2.45) is 11.7 Å². The molecule has 7 nitrogen and oxygen atoms in total. The highest BCUT2D eigenvalue weighted by Crippen LogP contribution is 2.11. The Morgan fingerprint density at radius 1 is 1.12 bits per heavy atom. The summed E-state index contributed by atoms with van der Waals surface area (Å²) >= 11 is 0. The van der Waals surface area contributed by atoms with Crippen molar-refractivity contribution in [3.63, 3.8) is 0 Å². The van der Waals surface area contributed by atoms with Gasteiger partial charge in [0.1, 0.15) is 5.75 Å². The van der Waals surface area contributed by atoms with Gasteiger partial charge in [-0.25, -0.2) is 11.7 Å². The van der Waals surface area contributed by atoms with Gasteiger partial charge >= 0.3 is 0 Å². The highest BCUT2D eigenvalue weighted by atomic mass is 16.5. The molecule has 1 aromatic rings. The topological polar surface area (TPSA) is 119 Å². The molecule has 1 rings (SSSR count). The molecule has 0 radical (unpaired) electrons. The molecular formula is C9H12N4O3. The molecule has 0 heterocycles. The number of carbonyl (C=O) groups excluding carboxylic acids is 2. The first-order valence-corrected chi connectivity index (χ1v) is 4.40. The summed E-state index contributed by atoms with van der Waals surface area (Å²) in [6.07, 6.45) is 0. The van der Waals surface area contributed by atoms with Crippen LogP contribution in [0.4, 0.5) is 0 Å². The van der Waals surface area contributed by atoms with E-state index in [-0.39, 0.29) is 6.61 Å². The zero-order valence-corrected chi connectivity index (χ0v) is 8.40. The predicted molar refractivity (Wildman–Crippen MR) is 55.9 cm³/mol. The van der Waals surface area contributed by atoms with Crippen LogP contribution in [0.25, 0.3) is 0 Å². The van der Waals surface area contributed by atoms with Gasteiger partial charge in [0.25, 0.3) is 11.8 Å². The Bertz CT molecular complexity index is 377. The lowest BCUT2D eigenvalue weighted by Gasteiger charge is -2.05. The minimum absolute atomic E-state index is 0.182. The number of nitrogens with two attached hydrogens (primary N) is 2. The van der Waals surface area contributed by atoms with E-state index in [4.69, 9.17) is 16.4 Å². The molecular weight excluding hydrogens is 212 g/mol. The molecule has 0 bridgehead atoms. The molecule has 2 amide bonds. The van der Waals surface area contributed by atoms with Crippen molar-refractivity contribution in [2.75, 3.05) is 6.61 Å². The Morgan fingerprint density at radius 3 is 2.25 bits per heavy atom. The van der Waals surface area contributed by atoms with Crippen LogP contribution in [0.1, 0.15) is 10.4 Å². The summed E-state index contributed by atoms with van der Waals surface area (Å²) in [4.78, 5) is 21.8. The number of rotatable bonds is 4. The Hall–Kier alpha value is -2.12. The van der Waals surface area contributed by atoms with Crippen molar-refractivity contribution in [2.45, 2.75) is 0 Å². The van der Waals surface area contributed by atoms with Crippen molar-refractivity contribution in [3.8, 4) is 5.75 Å². The van der Waals surface area contributed by atoms with Crippen molar-refractivity contribution in [1.29, 1.82) is 0 Å². The number of nitrogen functional groups attached to an aromatic ring is 1. The number of ether oxygens (including phenoxy) is 1. The predicted octanol–water partition coefficient (Wildman–Crippen LogP) is -1.34. The molecule has 6 N–H and O–H groups in total. The van der Waals surface area contributed by atoms with Crippen molar-refractivity contribution in [3.05, 3.63) is 29.8 Å². The fourth-order valence-electron chi connectivity index (χ4n) is 0.976. The molecule has 16 heavy (non-hydrogen) atoms. The van der Waals surface area contributed by atoms with Gasteiger partial charge < -0.3 is 4.74 Å². The largest absolute Gasteiger partial charge is 0.484 e. The normalized spacial score (nSPS) is 9.38. The van der Waals surface area contributed by atoms with E-state index in [2.05, 4.69) is 0 Å². The van der Waals surface area contributed by atoms with Crippen LogP contribution in [0.15, 0.2) is 24.3 Å². The van der Waals surface area contributed by atoms with E-state index < -0.39 is 11.8 Å². The third kappa shape index (κ3) is 3.23. The molecule has 0 aliphatic rings. The van der Waals surface area contributed by atoms with Crippen LogP contribution in [0.3, 0.4) is 0 Å². The van der Waals surface area contributed by atoms with E-state index in [1.165, 1.54) is 12.1 Å². The van der Waals surface area contributed by atoms with Crippen LogP contribution >= 0.6 is 0 Å². The van der Waals surface area contributed by atoms with E-state index in [0.717, 1.165) is 0 Å². The second kappa shape index (κ2) is 5.69. The van der Waals surface area contributed by atoms with Crippen molar-refractivity contribution < 1.29 is 14.3 Å². The summed E-state index contributed by atoms with van der Waals surface area (Å²) in [5.41, 5.74) is 4.33. The van der Waals surface area contributed by atoms with Gasteiger partial charge in [-0.15, -0.1) is 0 Å². The summed E-state index contributed by atoms with van der Waals surface area (Å²) in [6, 6.07) is 6.15. The third-order valence-corrected chi connectivity index (χ3v) is 1.78. The number of nitrogens with one attached hydrogen (secondary N) is 2. The van der Waals surface area contributed by atoms with Gasteiger partial charge in [0.05, 0.1) is 0 Å². The summed E-state index contributed by atoms with van der Waals surface area (Å²) in [5.74, 6) is 9.45. The second-order valence-corrected chi connectivity index (χ2v) is 2.85. The molecule has 0 atom stereocenters. The lowest BCUT2D eigenvalue weighted by molar-refractivity contribution is -0.123. The Kier molecular flexibility index (Phi) is 4.25. The molecule has 86 valence electrons. The summed E-state index contributed by atoms with van der Waals surface area (Å²) < 4.78 is 5.07. The number of benzene rings is 1. The van der Waals surface area contributed by atoms with Gasteiger partial charge in [0, 0.05) is 5.56 Å². The highest BCUT2D eigenvalue weighted by Gasteiger charge is 2.04. The zero-order chi connectivity index (χ0) is 12.0. The lowest BCUT2D eigenvalue weighted by Crippen LogP contribution is -2.34. The minimum atomic E-state index is -0.441. The van der Waals surface area contributed by atoms with Gasteiger partial charge in [-0.05, 0) is 24.3 Å². The highest BCUT2D eigenvalue weighted by molar-refractivity contribution is 5.93. The lowest BCUT2D eigenvalue weighted by atomic mass is 10.2. The van der Waals surface area contributed by atoms with Crippen molar-refractivity contribution >= 4 is 11.8 Å². The Balaban J connectivity index is 2.58. The maximum absolute atomic E-state index is 11.1. The fourth-order valence-corrected chi connectivity index (χ4v) is 0.976. The molecule has 0 aromatic heterocycles. The second-order valence-electron chi connectivity index (χ2n) is 2.85. The third-order valence-electron chi connectivity index (χ3n) is 1.78. The quantitative estimate of drug-likeness (QED) is 0.286. The molecule has 0 fully saturated rings. The maximum atomic E-state index is 11.1. The summed E-state index contributed by atoms with van der Waals surface area (Å²) in [7, 11) is 0. The molecule has 7 heteroatoms. The smallest absolute Gasteiger partial charge is 0.271 e. The van der Waals surface area contributed by atoms with Crippen LogP contribution in [0, 0.1) is 0 Å². The van der Waals surface area contributed by atoms with E-state index >= 15 is 0 Å². The van der Waals surface area contributed by atoms with E-state index in [1.54, 1.807) is 12.1 Å². The van der Waals surface area contributed by atoms with Crippen LogP contribution < -0.4 is 27.3 Å². The van der Waals surface area contributed by atoms with E-state index in [9.17, 15) is 9.59 Å². The van der Waals surface area contributed by atoms with Crippen LogP contribution in [0.2, 0.25) is 0 Å². The molecule has 1 aromatic carbocycles. The first-order valence-electron chi connectivity index (χ1n) is 4.40. The minimum Gasteiger partial charge on any atom is -0.484 e. The van der Waals surface area contributed by atoms with E-state index in [1.807, 2.05) is 10.9 Å². The van der Waals surface area contributed by atoms with Crippen molar-refractivity contribution in [1.82, 2.24) is 10.9 Å². The monoisotopic (exact) mass is 224 g/mol. The summed E-state index contributed by atoms with van der Waals surface area (Å²) in [6.45, 7) is -0.182. The first-order chi connectivity index (χ1) is 7.67. The average Bonchev–Trinajstić information content (AvgIpc) is 2.35. The maximum Gasteiger partial charge on any atom is 0.271 e. The van der Waals surface area contributed by atoms with E-state index in [0.29, 0.717) is 11.3 Å². The number of hydrogen-bond acceptors (Lipinski definition) is 5. The van der Waals surface area contributed by atoms with Gasteiger partial charge in [0.15, 0.2) is 6.61 Å². The molecule has 0 aliphatic carbocycles. The van der Waals surface area contributed by atoms with Crippen LogP contribution in [-0.4, -0.2) is 18.4 Å². The van der Waals surface area contributed by atoms with Crippen LogP contribution in [-0.2, 0) is 4.79 Å². The molecule has 0 spiro atoms. The number of hydrogen-bond donors (Lipinski definition) is 4. The van der Waals surface area contributed by atoms with Gasteiger partial charge in [-0.1, -0.05) is 0 Å². The Morgan fingerprint density at radius 2 is 1.75 bits per heavy atom. The number of carbonyl (C=O) groups is 2. The first kappa shape index (κ1) is 12.0. The van der Waals surface area contributed by atoms with Gasteiger partial charge in [0.2, 0.25) is 0 Å². The molecule has 0 unspecified atom stereocenters. The average molecular weight is 224 g/mol. The molecule has 0 aliphatic heterocycles. The van der Waals surface area contributed by atoms with Crippen LogP contribution in [0.5, 0.6) is 5.75 Å². The zero-order valence-electron chi connectivity index (χ0n) is 8.40. The molecule has 0 saturated carbocycles.